The molecule has 0 unspecified atom stereocenters. The minimum Gasteiger partial charge on any atom is -0.490 e. The number of benzene rings is 3. The van der Waals surface area contributed by atoms with Gasteiger partial charge in [-0.15, -0.1) is 0 Å². The molecule has 176 valence electrons. The third-order valence-electron chi connectivity index (χ3n) is 5.57. The lowest BCUT2D eigenvalue weighted by molar-refractivity contribution is -0.149. The number of hydrogen-bond donors (Lipinski definition) is 1. The topological polar surface area (TPSA) is 72.8 Å². The first-order chi connectivity index (χ1) is 16.4. The average Bonchev–Trinajstić information content (AvgIpc) is 2.84. The van der Waals surface area contributed by atoms with Crippen molar-refractivity contribution in [2.45, 2.75) is 33.3 Å². The summed E-state index contributed by atoms with van der Waals surface area (Å²) in [6, 6.07) is 23.3. The van der Waals surface area contributed by atoms with E-state index in [9.17, 15) is 14.7 Å². The quantitative estimate of drug-likeness (QED) is 0.353. The van der Waals surface area contributed by atoms with E-state index in [0.29, 0.717) is 25.2 Å². The molecule has 0 fully saturated rings. The maximum atomic E-state index is 11.6. The first kappa shape index (κ1) is 24.9. The van der Waals surface area contributed by atoms with Crippen molar-refractivity contribution in [3.8, 4) is 16.9 Å². The molecule has 0 aromatic heterocycles. The van der Waals surface area contributed by atoms with Crippen LogP contribution in [0, 0.1) is 0 Å². The molecule has 1 N–H and O–H groups in total. The smallest absolute Gasteiger partial charge is 0.333 e. The number of carbonyl (C=O) groups is 2. The Balaban J connectivity index is 1.57. The number of carboxylic acid groups (broad SMARTS) is 1. The zero-order valence-electron chi connectivity index (χ0n) is 19.8. The standard InChI is InChI=1S/C29H30O5/c1-4-33-28(29(31)32)18-22-8-14-27(15-9-22)34-17-16-20(2)23-10-12-24(13-11-23)26-7-5-6-25(19-26)21(3)30/h5-16,19,28H,4,17-18H2,1-3H3,(H,31,32)/b20-16+/t28-/m0/s1. The van der Waals surface area contributed by atoms with Gasteiger partial charge < -0.3 is 14.6 Å². The molecule has 0 amide bonds. The molecular formula is C29H30O5. The van der Waals surface area contributed by atoms with E-state index < -0.39 is 12.1 Å². The Hall–Kier alpha value is -3.70. The molecular weight excluding hydrogens is 428 g/mol. The lowest BCUT2D eigenvalue weighted by Gasteiger charge is -2.12. The summed E-state index contributed by atoms with van der Waals surface area (Å²) in [4.78, 5) is 22.9. The first-order valence-corrected chi connectivity index (χ1v) is 11.3. The average molecular weight is 459 g/mol. The number of ether oxygens (including phenoxy) is 2. The number of ketones is 1. The molecule has 5 heteroatoms. The van der Waals surface area contributed by atoms with Gasteiger partial charge in [-0.3, -0.25) is 4.79 Å². The lowest BCUT2D eigenvalue weighted by Crippen LogP contribution is -2.26. The summed E-state index contributed by atoms with van der Waals surface area (Å²) in [5.74, 6) is -0.181. The molecule has 0 aliphatic rings. The van der Waals surface area contributed by atoms with E-state index in [0.717, 1.165) is 33.6 Å². The number of hydrogen-bond acceptors (Lipinski definition) is 4. The van der Waals surface area contributed by atoms with E-state index in [-0.39, 0.29) is 5.78 Å². The molecule has 34 heavy (non-hydrogen) atoms. The van der Waals surface area contributed by atoms with Crippen LogP contribution in [-0.2, 0) is 16.0 Å². The van der Waals surface area contributed by atoms with E-state index in [1.807, 2.05) is 61.5 Å². The summed E-state index contributed by atoms with van der Waals surface area (Å²) in [7, 11) is 0. The van der Waals surface area contributed by atoms with Crippen LogP contribution in [-0.4, -0.2) is 36.2 Å². The zero-order chi connectivity index (χ0) is 24.5. The van der Waals surface area contributed by atoms with Crippen molar-refractivity contribution in [2.24, 2.45) is 0 Å². The lowest BCUT2D eigenvalue weighted by atomic mass is 9.99. The molecule has 3 aromatic rings. The molecule has 5 nitrogen and oxygen atoms in total. The van der Waals surface area contributed by atoms with Gasteiger partial charge in [-0.25, -0.2) is 4.79 Å². The van der Waals surface area contributed by atoms with E-state index >= 15 is 0 Å². The van der Waals surface area contributed by atoms with Gasteiger partial charge in [0, 0.05) is 18.6 Å². The van der Waals surface area contributed by atoms with Gasteiger partial charge in [0.2, 0.25) is 0 Å². The summed E-state index contributed by atoms with van der Waals surface area (Å²) in [5.41, 5.74) is 5.87. The van der Waals surface area contributed by atoms with E-state index in [2.05, 4.69) is 24.3 Å². The first-order valence-electron chi connectivity index (χ1n) is 11.3. The van der Waals surface area contributed by atoms with Gasteiger partial charge >= 0.3 is 5.97 Å². The minimum atomic E-state index is -0.958. The van der Waals surface area contributed by atoms with Crippen molar-refractivity contribution in [1.29, 1.82) is 0 Å². The highest BCUT2D eigenvalue weighted by atomic mass is 16.5. The summed E-state index contributed by atoms with van der Waals surface area (Å²) < 4.78 is 11.1. The van der Waals surface area contributed by atoms with Crippen molar-refractivity contribution in [3.05, 3.63) is 95.6 Å². The molecule has 3 aromatic carbocycles. The molecule has 0 radical (unpaired) electrons. The van der Waals surface area contributed by atoms with Crippen LogP contribution >= 0.6 is 0 Å². The highest BCUT2D eigenvalue weighted by Crippen LogP contribution is 2.24. The fourth-order valence-electron chi connectivity index (χ4n) is 3.58. The minimum absolute atomic E-state index is 0.0573. The van der Waals surface area contributed by atoms with Crippen molar-refractivity contribution in [2.75, 3.05) is 13.2 Å². The Morgan fingerprint density at radius 3 is 2.24 bits per heavy atom. The van der Waals surface area contributed by atoms with E-state index in [1.165, 1.54) is 0 Å². The van der Waals surface area contributed by atoms with Gasteiger partial charge in [-0.05, 0) is 72.9 Å². The summed E-state index contributed by atoms with van der Waals surface area (Å²) in [6.07, 6.45) is 1.50. The fraction of sp³-hybridized carbons (Fsp3) is 0.241. The molecule has 0 saturated carbocycles. The maximum absolute atomic E-state index is 11.6. The summed E-state index contributed by atoms with van der Waals surface area (Å²) >= 11 is 0. The Labute approximate surface area is 200 Å². The van der Waals surface area contributed by atoms with Gasteiger partial charge in [-0.1, -0.05) is 54.6 Å². The second-order valence-corrected chi connectivity index (χ2v) is 8.04. The number of carbonyl (C=O) groups excluding carboxylic acids is 1. The Morgan fingerprint density at radius 2 is 1.62 bits per heavy atom. The second kappa shape index (κ2) is 12.0. The molecule has 0 heterocycles. The van der Waals surface area contributed by atoms with Crippen molar-refractivity contribution >= 4 is 17.3 Å². The monoisotopic (exact) mass is 458 g/mol. The van der Waals surface area contributed by atoms with Crippen LogP contribution in [0.4, 0.5) is 0 Å². The Kier molecular flexibility index (Phi) is 8.77. The number of Topliss-reactive ketones (excluding diaryl/α,β-unsaturated/α-hetero) is 1. The highest BCUT2D eigenvalue weighted by molar-refractivity contribution is 5.95. The predicted octanol–water partition coefficient (Wildman–Crippen LogP) is 6.07. The van der Waals surface area contributed by atoms with Crippen LogP contribution in [0.15, 0.2) is 78.9 Å². The van der Waals surface area contributed by atoms with Gasteiger partial charge in [0.15, 0.2) is 11.9 Å². The normalized spacial score (nSPS) is 12.3. The van der Waals surface area contributed by atoms with Crippen LogP contribution < -0.4 is 4.74 Å². The third kappa shape index (κ3) is 6.90. The molecule has 0 bridgehead atoms. The SMILES string of the molecule is CCO[C@@H](Cc1ccc(OC/C=C(\C)c2ccc(-c3cccc(C(C)=O)c3)cc2)cc1)C(=O)O. The van der Waals surface area contributed by atoms with Gasteiger partial charge in [-0.2, -0.15) is 0 Å². The van der Waals surface area contributed by atoms with Crippen LogP contribution in [0.25, 0.3) is 16.7 Å². The number of allylic oxidation sites excluding steroid dienone is 1. The van der Waals surface area contributed by atoms with Crippen molar-refractivity contribution in [3.63, 3.8) is 0 Å². The van der Waals surface area contributed by atoms with Crippen molar-refractivity contribution < 1.29 is 24.2 Å². The predicted molar refractivity (Wildman–Crippen MR) is 134 cm³/mol. The van der Waals surface area contributed by atoms with Gasteiger partial charge in [0.05, 0.1) is 0 Å². The van der Waals surface area contributed by atoms with Crippen molar-refractivity contribution in [1.82, 2.24) is 0 Å². The maximum Gasteiger partial charge on any atom is 0.333 e. The number of aliphatic carboxylic acids is 1. The van der Waals surface area contributed by atoms with Gasteiger partial charge in [0.25, 0.3) is 0 Å². The number of carboxylic acids is 1. The highest BCUT2D eigenvalue weighted by Gasteiger charge is 2.17. The number of rotatable bonds is 11. The van der Waals surface area contributed by atoms with Crippen LogP contribution in [0.2, 0.25) is 0 Å². The summed E-state index contributed by atoms with van der Waals surface area (Å²) in [6.45, 7) is 6.18. The molecule has 0 aliphatic carbocycles. The molecule has 0 spiro atoms. The van der Waals surface area contributed by atoms with Gasteiger partial charge in [0.1, 0.15) is 12.4 Å². The largest absolute Gasteiger partial charge is 0.490 e. The van der Waals surface area contributed by atoms with E-state index in [4.69, 9.17) is 9.47 Å². The Bertz CT molecular complexity index is 1140. The second-order valence-electron chi connectivity index (χ2n) is 8.04. The zero-order valence-corrected chi connectivity index (χ0v) is 19.8. The van der Waals surface area contributed by atoms with Crippen LogP contribution in [0.5, 0.6) is 5.75 Å². The Morgan fingerprint density at radius 1 is 0.912 bits per heavy atom. The van der Waals surface area contributed by atoms with E-state index in [1.54, 1.807) is 13.8 Å². The molecule has 3 rings (SSSR count). The molecule has 1 atom stereocenters. The molecule has 0 aliphatic heterocycles. The summed E-state index contributed by atoms with van der Waals surface area (Å²) in [5, 5.41) is 9.22. The molecule has 0 saturated heterocycles. The van der Waals surface area contributed by atoms with Crippen LogP contribution in [0.3, 0.4) is 0 Å². The fourth-order valence-corrected chi connectivity index (χ4v) is 3.58. The van der Waals surface area contributed by atoms with Crippen LogP contribution in [0.1, 0.15) is 42.3 Å². The third-order valence-corrected chi connectivity index (χ3v) is 5.57.